The molecule has 0 bridgehead atoms. The molecule has 2 aromatic carbocycles. The number of carbonyl (C=O) groups is 3. The second-order valence-corrected chi connectivity index (χ2v) is 8.19. The first-order chi connectivity index (χ1) is 15.9. The first-order valence-corrected chi connectivity index (χ1v) is 11.2. The van der Waals surface area contributed by atoms with Crippen molar-refractivity contribution in [3.05, 3.63) is 59.7 Å². The van der Waals surface area contributed by atoms with Gasteiger partial charge >= 0.3 is 12.1 Å². The number of aliphatic carboxylic acids is 1. The maximum atomic E-state index is 12.2. The third kappa shape index (κ3) is 6.32. The number of hydrogen-bond acceptors (Lipinski definition) is 5. The highest BCUT2D eigenvalue weighted by Gasteiger charge is 2.29. The first kappa shape index (κ1) is 24.3. The fourth-order valence-corrected chi connectivity index (χ4v) is 4.11. The van der Waals surface area contributed by atoms with Gasteiger partial charge in [-0.1, -0.05) is 61.9 Å². The van der Waals surface area contributed by atoms with Gasteiger partial charge < -0.3 is 25.6 Å². The van der Waals surface area contributed by atoms with Crippen molar-refractivity contribution < 1.29 is 29.3 Å². The zero-order valence-electron chi connectivity index (χ0n) is 18.6. The van der Waals surface area contributed by atoms with Crippen LogP contribution < -0.4 is 10.6 Å². The molecule has 3 rings (SSSR count). The van der Waals surface area contributed by atoms with Crippen LogP contribution in [0.3, 0.4) is 0 Å². The summed E-state index contributed by atoms with van der Waals surface area (Å²) in [4.78, 5) is 35.3. The van der Waals surface area contributed by atoms with Gasteiger partial charge in [-0.2, -0.15) is 0 Å². The second-order valence-electron chi connectivity index (χ2n) is 8.19. The molecule has 0 fully saturated rings. The molecule has 2 unspecified atom stereocenters. The van der Waals surface area contributed by atoms with Gasteiger partial charge in [-0.25, -0.2) is 4.79 Å². The normalized spacial score (nSPS) is 14.0. The zero-order chi connectivity index (χ0) is 23.8. The van der Waals surface area contributed by atoms with E-state index in [0.717, 1.165) is 22.3 Å². The van der Waals surface area contributed by atoms with Gasteiger partial charge in [0.15, 0.2) is 0 Å². The Hall–Kier alpha value is -3.39. The Morgan fingerprint density at radius 3 is 2.15 bits per heavy atom. The highest BCUT2D eigenvalue weighted by Crippen LogP contribution is 2.44. The van der Waals surface area contributed by atoms with E-state index >= 15 is 0 Å². The van der Waals surface area contributed by atoms with Crippen LogP contribution >= 0.6 is 0 Å². The number of carbonyl (C=O) groups excluding carboxylic acids is 2. The van der Waals surface area contributed by atoms with Gasteiger partial charge in [-0.3, -0.25) is 9.59 Å². The molecule has 8 heteroatoms. The van der Waals surface area contributed by atoms with Crippen LogP contribution in [-0.2, 0) is 14.3 Å². The molecule has 8 nitrogen and oxygen atoms in total. The fourth-order valence-electron chi connectivity index (χ4n) is 4.11. The Kier molecular flexibility index (Phi) is 8.43. The number of ether oxygens (including phenoxy) is 1. The number of fused-ring (bicyclic) bond motifs is 3. The third-order valence-electron chi connectivity index (χ3n) is 5.78. The summed E-state index contributed by atoms with van der Waals surface area (Å²) in [7, 11) is 0. The summed E-state index contributed by atoms with van der Waals surface area (Å²) in [6.45, 7) is 1.89. The van der Waals surface area contributed by atoms with Crippen molar-refractivity contribution in [2.75, 3.05) is 19.7 Å². The lowest BCUT2D eigenvalue weighted by molar-refractivity contribution is -0.142. The number of carboxylic acids is 1. The van der Waals surface area contributed by atoms with E-state index < -0.39 is 30.0 Å². The predicted molar refractivity (Wildman–Crippen MR) is 123 cm³/mol. The van der Waals surface area contributed by atoms with E-state index in [9.17, 15) is 19.5 Å². The lowest BCUT2D eigenvalue weighted by Gasteiger charge is -2.16. The number of rotatable bonds is 11. The summed E-state index contributed by atoms with van der Waals surface area (Å²) in [6, 6.07) is 16.0. The van der Waals surface area contributed by atoms with E-state index in [2.05, 4.69) is 22.8 Å². The summed E-state index contributed by atoms with van der Waals surface area (Å²) in [5, 5.41) is 24.2. The molecule has 0 saturated carbocycles. The van der Waals surface area contributed by atoms with Crippen molar-refractivity contribution in [2.24, 2.45) is 5.92 Å². The third-order valence-corrected chi connectivity index (χ3v) is 5.78. The van der Waals surface area contributed by atoms with Crippen molar-refractivity contribution in [2.45, 2.75) is 38.2 Å². The number of amides is 2. The molecule has 0 heterocycles. The fraction of sp³-hybridized carbons (Fsp3) is 0.400. The molecular formula is C25H30N2O6. The molecule has 0 spiro atoms. The van der Waals surface area contributed by atoms with Crippen molar-refractivity contribution in [3.8, 4) is 11.1 Å². The van der Waals surface area contributed by atoms with E-state index in [1.165, 1.54) is 0 Å². The number of carboxylic acid groups (broad SMARTS) is 1. The number of benzene rings is 2. The number of aliphatic hydroxyl groups excluding tert-OH is 1. The number of hydrogen-bond donors (Lipinski definition) is 4. The Morgan fingerprint density at radius 2 is 1.58 bits per heavy atom. The lowest BCUT2D eigenvalue weighted by Crippen LogP contribution is -2.38. The number of nitrogens with one attached hydrogen (secondary N) is 2. The van der Waals surface area contributed by atoms with Crippen molar-refractivity contribution >= 4 is 18.0 Å². The van der Waals surface area contributed by atoms with Gasteiger partial charge in [0.1, 0.15) is 6.61 Å². The van der Waals surface area contributed by atoms with Crippen molar-refractivity contribution in [1.29, 1.82) is 0 Å². The van der Waals surface area contributed by atoms with Crippen LogP contribution in [-0.4, -0.2) is 54.0 Å². The van der Waals surface area contributed by atoms with Crippen molar-refractivity contribution in [1.82, 2.24) is 10.6 Å². The summed E-state index contributed by atoms with van der Waals surface area (Å²) in [5.74, 6) is -2.16. The summed E-state index contributed by atoms with van der Waals surface area (Å²) in [5.41, 5.74) is 4.47. The predicted octanol–water partition coefficient (Wildman–Crippen LogP) is 2.89. The Balaban J connectivity index is 1.43. The van der Waals surface area contributed by atoms with Gasteiger partial charge in [0, 0.05) is 19.0 Å². The smallest absolute Gasteiger partial charge is 0.407 e. The molecule has 4 N–H and O–H groups in total. The average Bonchev–Trinajstić information content (AvgIpc) is 3.12. The molecule has 2 amide bonds. The van der Waals surface area contributed by atoms with E-state index in [0.29, 0.717) is 12.8 Å². The summed E-state index contributed by atoms with van der Waals surface area (Å²) < 4.78 is 5.40. The molecular weight excluding hydrogens is 424 g/mol. The molecule has 2 atom stereocenters. The average molecular weight is 455 g/mol. The van der Waals surface area contributed by atoms with Crippen LogP contribution in [0.1, 0.15) is 43.2 Å². The Bertz CT molecular complexity index is 947. The quantitative estimate of drug-likeness (QED) is 0.414. The molecule has 1 aliphatic carbocycles. The molecule has 0 aromatic heterocycles. The van der Waals surface area contributed by atoms with E-state index in [1.807, 2.05) is 43.3 Å². The van der Waals surface area contributed by atoms with Crippen LogP contribution in [0.2, 0.25) is 0 Å². The van der Waals surface area contributed by atoms with Crippen LogP contribution in [0.15, 0.2) is 48.5 Å². The maximum Gasteiger partial charge on any atom is 0.407 e. The molecule has 0 saturated heterocycles. The molecule has 33 heavy (non-hydrogen) atoms. The second kappa shape index (κ2) is 11.5. The monoisotopic (exact) mass is 454 g/mol. The first-order valence-electron chi connectivity index (χ1n) is 11.2. The van der Waals surface area contributed by atoms with Gasteiger partial charge in [0.2, 0.25) is 5.91 Å². The Labute approximate surface area is 193 Å². The standard InChI is InChI=1S/C25H30N2O6/c1-2-7-16(24(30)31)13-26-23(29)12-17(28)14-27-25(32)33-15-22-20-10-5-3-8-18(20)19-9-4-6-11-21(19)22/h3-6,8-11,16-17,22,28H,2,7,12-15H2,1H3,(H,26,29)(H,27,32)(H,30,31). The highest BCUT2D eigenvalue weighted by molar-refractivity contribution is 5.79. The minimum Gasteiger partial charge on any atom is -0.481 e. The van der Waals surface area contributed by atoms with Crippen molar-refractivity contribution in [3.63, 3.8) is 0 Å². The van der Waals surface area contributed by atoms with E-state index in [4.69, 9.17) is 9.84 Å². The van der Waals surface area contributed by atoms with Crippen LogP contribution in [0.4, 0.5) is 4.79 Å². The molecule has 2 aromatic rings. The van der Waals surface area contributed by atoms with Gasteiger partial charge in [-0.05, 0) is 28.7 Å². The SMILES string of the molecule is CCCC(CNC(=O)CC(O)CNC(=O)OCC1c2ccccc2-c2ccccc21)C(=O)O. The summed E-state index contributed by atoms with van der Waals surface area (Å²) in [6.07, 6.45) is -0.881. The maximum absolute atomic E-state index is 12.2. The molecule has 0 radical (unpaired) electrons. The van der Waals surface area contributed by atoms with E-state index in [-0.39, 0.29) is 32.0 Å². The molecule has 1 aliphatic rings. The minimum absolute atomic E-state index is 0.00847. The van der Waals surface area contributed by atoms with E-state index in [1.54, 1.807) is 0 Å². The largest absolute Gasteiger partial charge is 0.481 e. The van der Waals surface area contributed by atoms with Crippen LogP contribution in [0.25, 0.3) is 11.1 Å². The minimum atomic E-state index is -1.11. The van der Waals surface area contributed by atoms with Crippen LogP contribution in [0, 0.1) is 5.92 Å². The van der Waals surface area contributed by atoms with Gasteiger partial charge in [0.05, 0.1) is 18.4 Å². The highest BCUT2D eigenvalue weighted by atomic mass is 16.5. The molecule has 176 valence electrons. The molecule has 0 aliphatic heterocycles. The number of aliphatic hydroxyl groups is 1. The zero-order valence-corrected chi connectivity index (χ0v) is 18.6. The Morgan fingerprint density at radius 1 is 0.970 bits per heavy atom. The topological polar surface area (TPSA) is 125 Å². The number of alkyl carbamates (subject to hydrolysis) is 1. The van der Waals surface area contributed by atoms with Gasteiger partial charge in [0.25, 0.3) is 0 Å². The lowest BCUT2D eigenvalue weighted by atomic mass is 9.98. The van der Waals surface area contributed by atoms with Gasteiger partial charge in [-0.15, -0.1) is 0 Å². The summed E-state index contributed by atoms with van der Waals surface area (Å²) >= 11 is 0. The van der Waals surface area contributed by atoms with Crippen LogP contribution in [0.5, 0.6) is 0 Å².